The first-order chi connectivity index (χ1) is 14.0. The van der Waals surface area contributed by atoms with Crippen LogP contribution < -0.4 is 0 Å². The number of benzene rings is 2. The van der Waals surface area contributed by atoms with E-state index in [0.29, 0.717) is 6.42 Å². The number of rotatable bonds is 7. The normalized spacial score (nSPS) is 15.1. The Kier molecular flexibility index (Phi) is 7.43. The van der Waals surface area contributed by atoms with Crippen molar-refractivity contribution in [3.8, 4) is 6.07 Å². The van der Waals surface area contributed by atoms with Gasteiger partial charge in [-0.1, -0.05) is 36.4 Å². The van der Waals surface area contributed by atoms with Crippen LogP contribution in [0.3, 0.4) is 0 Å². The number of amides is 1. The van der Waals surface area contributed by atoms with Gasteiger partial charge in [0.1, 0.15) is 0 Å². The number of nitriles is 1. The lowest BCUT2D eigenvalue weighted by atomic mass is 9.89. The van der Waals surface area contributed by atoms with Gasteiger partial charge in [-0.15, -0.1) is 0 Å². The number of nitrogens with zero attached hydrogens (tertiary/aromatic N) is 3. The number of aryl methyl sites for hydroxylation is 1. The van der Waals surface area contributed by atoms with Crippen LogP contribution in [-0.4, -0.2) is 42.9 Å². The maximum atomic E-state index is 11.7. The third kappa shape index (κ3) is 6.44. The van der Waals surface area contributed by atoms with E-state index < -0.39 is 0 Å². The molecule has 0 aromatic heterocycles. The number of carbonyl (C=O) groups is 1. The van der Waals surface area contributed by atoms with Crippen molar-refractivity contribution in [1.29, 1.82) is 5.26 Å². The first-order valence-electron chi connectivity index (χ1n) is 10.5. The van der Waals surface area contributed by atoms with Crippen molar-refractivity contribution in [2.24, 2.45) is 5.92 Å². The van der Waals surface area contributed by atoms with E-state index in [1.165, 1.54) is 29.5 Å². The molecule has 1 amide bonds. The Morgan fingerprint density at radius 3 is 2.41 bits per heavy atom. The largest absolute Gasteiger partial charge is 0.349 e. The fourth-order valence-electron chi connectivity index (χ4n) is 4.00. The first-order valence-corrected chi connectivity index (χ1v) is 10.5. The maximum absolute atomic E-state index is 11.7. The van der Waals surface area contributed by atoms with E-state index in [9.17, 15) is 4.79 Å². The highest BCUT2D eigenvalue weighted by atomic mass is 16.2. The molecular formula is C25H31N3O. The maximum Gasteiger partial charge on any atom is 0.222 e. The van der Waals surface area contributed by atoms with Gasteiger partial charge in [0.05, 0.1) is 11.6 Å². The van der Waals surface area contributed by atoms with E-state index in [4.69, 9.17) is 5.26 Å². The van der Waals surface area contributed by atoms with Crippen molar-refractivity contribution in [3.05, 3.63) is 70.8 Å². The molecule has 3 rings (SSSR count). The Balaban J connectivity index is 1.43. The molecule has 0 radical (unpaired) electrons. The smallest absolute Gasteiger partial charge is 0.222 e. The van der Waals surface area contributed by atoms with Gasteiger partial charge in [-0.05, 0) is 73.5 Å². The van der Waals surface area contributed by atoms with Crippen LogP contribution in [0.5, 0.6) is 0 Å². The van der Waals surface area contributed by atoms with Crippen LogP contribution in [0, 0.1) is 17.2 Å². The van der Waals surface area contributed by atoms with Crippen LogP contribution in [0.15, 0.2) is 48.5 Å². The van der Waals surface area contributed by atoms with Crippen molar-refractivity contribution in [2.75, 3.05) is 27.2 Å². The van der Waals surface area contributed by atoms with Crippen LogP contribution in [-0.2, 0) is 24.2 Å². The molecule has 1 saturated heterocycles. The van der Waals surface area contributed by atoms with E-state index in [1.54, 1.807) is 19.0 Å². The lowest BCUT2D eigenvalue weighted by Crippen LogP contribution is -2.33. The number of carbonyl (C=O) groups excluding carboxylic acids is 1. The zero-order valence-electron chi connectivity index (χ0n) is 17.6. The van der Waals surface area contributed by atoms with Crippen molar-refractivity contribution < 1.29 is 4.79 Å². The van der Waals surface area contributed by atoms with E-state index in [2.05, 4.69) is 41.3 Å². The molecule has 152 valence electrons. The Labute approximate surface area is 174 Å². The summed E-state index contributed by atoms with van der Waals surface area (Å²) < 4.78 is 0. The predicted octanol–water partition coefficient (Wildman–Crippen LogP) is 4.03. The molecule has 0 unspecified atom stereocenters. The lowest BCUT2D eigenvalue weighted by molar-refractivity contribution is -0.128. The standard InChI is InChI=1S/C25H31N3O/c1-27(2)25(29)11-10-20-6-8-21(9-7-20)16-22-12-14-28(15-13-22)19-24-5-3-4-23(17-24)18-26/h3-9,17,22H,10-16,19H2,1-2H3. The highest BCUT2D eigenvalue weighted by Crippen LogP contribution is 2.23. The molecule has 1 fully saturated rings. The van der Waals surface area contributed by atoms with Gasteiger partial charge in [0.15, 0.2) is 0 Å². The van der Waals surface area contributed by atoms with Crippen LogP contribution in [0.4, 0.5) is 0 Å². The van der Waals surface area contributed by atoms with Crippen LogP contribution in [0.1, 0.15) is 41.5 Å². The quantitative estimate of drug-likeness (QED) is 0.718. The molecule has 2 aromatic carbocycles. The average Bonchev–Trinajstić information content (AvgIpc) is 2.74. The van der Waals surface area contributed by atoms with Crippen molar-refractivity contribution >= 4 is 5.91 Å². The summed E-state index contributed by atoms with van der Waals surface area (Å²) in [4.78, 5) is 15.9. The van der Waals surface area contributed by atoms with Crippen molar-refractivity contribution in [3.63, 3.8) is 0 Å². The van der Waals surface area contributed by atoms with E-state index >= 15 is 0 Å². The Morgan fingerprint density at radius 1 is 1.07 bits per heavy atom. The summed E-state index contributed by atoms with van der Waals surface area (Å²) in [7, 11) is 3.61. The minimum atomic E-state index is 0.181. The average molecular weight is 390 g/mol. The monoisotopic (exact) mass is 389 g/mol. The number of hydrogen-bond donors (Lipinski definition) is 0. The summed E-state index contributed by atoms with van der Waals surface area (Å²) >= 11 is 0. The molecule has 0 aliphatic carbocycles. The third-order valence-electron chi connectivity index (χ3n) is 5.84. The van der Waals surface area contributed by atoms with Crippen LogP contribution in [0.25, 0.3) is 0 Å². The van der Waals surface area contributed by atoms with Crippen LogP contribution >= 0.6 is 0 Å². The van der Waals surface area contributed by atoms with Gasteiger partial charge >= 0.3 is 0 Å². The second kappa shape index (κ2) is 10.2. The summed E-state index contributed by atoms with van der Waals surface area (Å²) in [6.07, 6.45) is 4.95. The molecule has 2 aromatic rings. The van der Waals surface area contributed by atoms with Gasteiger partial charge < -0.3 is 4.90 Å². The summed E-state index contributed by atoms with van der Waals surface area (Å²) in [5.41, 5.74) is 4.60. The fraction of sp³-hybridized carbons (Fsp3) is 0.440. The van der Waals surface area contributed by atoms with E-state index in [0.717, 1.165) is 44.0 Å². The number of piperidine rings is 1. The molecule has 1 aliphatic heterocycles. The number of likely N-dealkylation sites (tertiary alicyclic amines) is 1. The molecule has 4 heteroatoms. The van der Waals surface area contributed by atoms with Gasteiger partial charge in [0, 0.05) is 27.1 Å². The minimum absolute atomic E-state index is 0.181. The van der Waals surface area contributed by atoms with Gasteiger partial charge in [0.25, 0.3) is 0 Å². The summed E-state index contributed by atoms with van der Waals surface area (Å²) in [6.45, 7) is 3.17. The second-order valence-corrected chi connectivity index (χ2v) is 8.34. The highest BCUT2D eigenvalue weighted by molar-refractivity contribution is 5.75. The highest BCUT2D eigenvalue weighted by Gasteiger charge is 2.19. The zero-order valence-corrected chi connectivity index (χ0v) is 17.6. The Bertz CT molecular complexity index is 843. The molecule has 0 spiro atoms. The Morgan fingerprint density at radius 2 is 1.76 bits per heavy atom. The summed E-state index contributed by atoms with van der Waals surface area (Å²) in [6, 6.07) is 19.0. The second-order valence-electron chi connectivity index (χ2n) is 8.34. The molecule has 0 N–H and O–H groups in total. The lowest BCUT2D eigenvalue weighted by Gasteiger charge is -2.32. The van der Waals surface area contributed by atoms with Crippen LogP contribution in [0.2, 0.25) is 0 Å². The van der Waals surface area contributed by atoms with E-state index in [1.807, 2.05) is 18.2 Å². The Hall–Kier alpha value is -2.64. The zero-order chi connectivity index (χ0) is 20.6. The molecule has 1 aliphatic rings. The topological polar surface area (TPSA) is 47.3 Å². The van der Waals surface area contributed by atoms with Crippen molar-refractivity contribution in [1.82, 2.24) is 9.80 Å². The first kappa shape index (κ1) is 21.1. The summed E-state index contributed by atoms with van der Waals surface area (Å²) in [5, 5.41) is 9.06. The number of hydrogen-bond acceptors (Lipinski definition) is 3. The summed E-state index contributed by atoms with van der Waals surface area (Å²) in [5.74, 6) is 0.915. The minimum Gasteiger partial charge on any atom is -0.349 e. The molecule has 0 bridgehead atoms. The predicted molar refractivity (Wildman–Crippen MR) is 116 cm³/mol. The van der Waals surface area contributed by atoms with E-state index in [-0.39, 0.29) is 5.91 Å². The molecule has 1 heterocycles. The molecule has 29 heavy (non-hydrogen) atoms. The molecular weight excluding hydrogens is 358 g/mol. The van der Waals surface area contributed by atoms with Gasteiger partial charge in [-0.25, -0.2) is 0 Å². The molecule has 0 atom stereocenters. The van der Waals surface area contributed by atoms with Gasteiger partial charge in [-0.3, -0.25) is 9.69 Å². The molecule has 4 nitrogen and oxygen atoms in total. The van der Waals surface area contributed by atoms with Gasteiger partial charge in [-0.2, -0.15) is 5.26 Å². The van der Waals surface area contributed by atoms with Crippen molar-refractivity contribution in [2.45, 2.75) is 38.6 Å². The SMILES string of the molecule is CN(C)C(=O)CCc1ccc(CC2CCN(Cc3cccc(C#N)c3)CC2)cc1. The fourth-order valence-corrected chi connectivity index (χ4v) is 4.00. The molecule has 0 saturated carbocycles. The third-order valence-corrected chi connectivity index (χ3v) is 5.84. The van der Waals surface area contributed by atoms with Gasteiger partial charge in [0.2, 0.25) is 5.91 Å².